The molecule has 164 valence electrons. The van der Waals surface area contributed by atoms with Crippen molar-refractivity contribution in [3.8, 4) is 0 Å². The van der Waals surface area contributed by atoms with Crippen molar-refractivity contribution in [2.24, 2.45) is 0 Å². The third-order valence-electron chi connectivity index (χ3n) is 4.82. The first-order valence-electron chi connectivity index (χ1n) is 9.33. The van der Waals surface area contributed by atoms with E-state index in [0.29, 0.717) is 12.3 Å². The van der Waals surface area contributed by atoms with Gasteiger partial charge in [-0.05, 0) is 37.1 Å². The number of nitrogens with one attached hydrogen (secondary N) is 1. The molecule has 1 unspecified atom stereocenters. The van der Waals surface area contributed by atoms with Crippen LogP contribution in [0, 0.1) is 0 Å². The molecule has 1 aromatic carbocycles. The zero-order chi connectivity index (χ0) is 21.7. The molecule has 3 rings (SSSR count). The van der Waals surface area contributed by atoms with Crippen LogP contribution in [-0.2, 0) is 38.6 Å². The van der Waals surface area contributed by atoms with Crippen molar-refractivity contribution >= 4 is 27.6 Å². The number of carbonyl (C=O) groups excluding carboxylic acids is 2. The molecule has 0 aliphatic carbocycles. The van der Waals surface area contributed by atoms with Gasteiger partial charge in [0.05, 0.1) is 37.4 Å². The van der Waals surface area contributed by atoms with E-state index >= 15 is 0 Å². The molecule has 0 amide bonds. The van der Waals surface area contributed by atoms with Crippen molar-refractivity contribution in [2.75, 3.05) is 45.6 Å². The van der Waals surface area contributed by atoms with Gasteiger partial charge in [0.25, 0.3) is 0 Å². The molecule has 1 aromatic rings. The highest BCUT2D eigenvalue weighted by Crippen LogP contribution is 2.27. The molecule has 2 heterocycles. The molecule has 2 aliphatic heterocycles. The summed E-state index contributed by atoms with van der Waals surface area (Å²) in [6, 6.07) is 5.86. The maximum Gasteiger partial charge on any atom is 0.355 e. The Morgan fingerprint density at radius 2 is 1.87 bits per heavy atom. The molecular formula is C19H24N2O8S. The van der Waals surface area contributed by atoms with Crippen molar-refractivity contribution in [3.05, 3.63) is 35.5 Å². The van der Waals surface area contributed by atoms with Crippen molar-refractivity contribution in [3.63, 3.8) is 0 Å². The van der Waals surface area contributed by atoms with Gasteiger partial charge < -0.3 is 23.8 Å². The molecule has 0 saturated carbocycles. The fraction of sp³-hybridized carbons (Fsp3) is 0.474. The highest BCUT2D eigenvalue weighted by atomic mass is 32.2. The maximum absolute atomic E-state index is 12.5. The first kappa shape index (κ1) is 22.2. The summed E-state index contributed by atoms with van der Waals surface area (Å²) in [6.45, 7) is 0.728. The third kappa shape index (κ3) is 4.81. The molecule has 30 heavy (non-hydrogen) atoms. The van der Waals surface area contributed by atoms with E-state index in [2.05, 4.69) is 4.72 Å². The van der Waals surface area contributed by atoms with Crippen molar-refractivity contribution < 1.29 is 37.0 Å². The van der Waals surface area contributed by atoms with Gasteiger partial charge in [0.15, 0.2) is 0 Å². The summed E-state index contributed by atoms with van der Waals surface area (Å²) >= 11 is 0. The van der Waals surface area contributed by atoms with Gasteiger partial charge in [0, 0.05) is 18.8 Å². The Morgan fingerprint density at radius 3 is 2.47 bits per heavy atom. The summed E-state index contributed by atoms with van der Waals surface area (Å²) in [5.41, 5.74) is 0.461. The Labute approximate surface area is 174 Å². The minimum atomic E-state index is -3.72. The Morgan fingerprint density at radius 1 is 1.17 bits per heavy atom. The molecule has 1 atom stereocenters. The normalized spacial score (nSPS) is 19.7. The topological polar surface area (TPSA) is 120 Å². The summed E-state index contributed by atoms with van der Waals surface area (Å²) in [4.78, 5) is 25.9. The van der Waals surface area contributed by atoms with E-state index in [4.69, 9.17) is 18.9 Å². The van der Waals surface area contributed by atoms with Gasteiger partial charge in [0.2, 0.25) is 10.0 Å². The van der Waals surface area contributed by atoms with Crippen molar-refractivity contribution in [1.82, 2.24) is 4.72 Å². The first-order chi connectivity index (χ1) is 14.4. The van der Waals surface area contributed by atoms with E-state index in [1.54, 1.807) is 0 Å². The maximum atomic E-state index is 12.5. The zero-order valence-corrected chi connectivity index (χ0v) is 17.6. The molecule has 0 bridgehead atoms. The number of nitrogens with zero attached hydrogens (tertiary/aromatic N) is 1. The van der Waals surface area contributed by atoms with Crippen LogP contribution in [0.15, 0.2) is 40.4 Å². The lowest BCUT2D eigenvalue weighted by molar-refractivity contribution is -0.140. The fourth-order valence-electron chi connectivity index (χ4n) is 3.24. The second-order valence-corrected chi connectivity index (χ2v) is 8.46. The number of esters is 2. The second kappa shape index (κ2) is 9.56. The highest BCUT2D eigenvalue weighted by Gasteiger charge is 2.32. The van der Waals surface area contributed by atoms with Crippen LogP contribution >= 0.6 is 0 Å². The Balaban J connectivity index is 1.83. The van der Waals surface area contributed by atoms with Gasteiger partial charge in [-0.3, -0.25) is 0 Å². The van der Waals surface area contributed by atoms with Crippen LogP contribution in [0.3, 0.4) is 0 Å². The van der Waals surface area contributed by atoms with E-state index in [0.717, 1.165) is 12.8 Å². The summed E-state index contributed by atoms with van der Waals surface area (Å²) in [5.74, 6) is -1.44. The average Bonchev–Trinajstić information content (AvgIpc) is 3.30. The number of anilines is 1. The van der Waals surface area contributed by atoms with Crippen LogP contribution in [-0.4, -0.2) is 67.2 Å². The van der Waals surface area contributed by atoms with E-state index in [1.807, 2.05) is 0 Å². The molecule has 1 N–H and O–H groups in total. The lowest BCUT2D eigenvalue weighted by atomic mass is 10.1. The first-order valence-corrected chi connectivity index (χ1v) is 10.8. The molecular weight excluding hydrogens is 416 g/mol. The number of ether oxygens (including phenoxy) is 4. The number of hydrogen-bond acceptors (Lipinski definition) is 9. The fourth-order valence-corrected chi connectivity index (χ4v) is 4.31. The molecule has 0 spiro atoms. The number of sulfonamides is 1. The van der Waals surface area contributed by atoms with E-state index < -0.39 is 22.0 Å². The summed E-state index contributed by atoms with van der Waals surface area (Å²) in [6.07, 6.45) is 1.62. The van der Waals surface area contributed by atoms with Crippen LogP contribution in [0.1, 0.15) is 12.8 Å². The molecule has 0 radical (unpaired) electrons. The van der Waals surface area contributed by atoms with E-state index in [1.165, 1.54) is 43.4 Å². The number of carbonyl (C=O) groups is 2. The summed E-state index contributed by atoms with van der Waals surface area (Å²) < 4.78 is 48.0. The van der Waals surface area contributed by atoms with Gasteiger partial charge in [0.1, 0.15) is 12.4 Å². The van der Waals surface area contributed by atoms with Crippen molar-refractivity contribution in [2.45, 2.75) is 23.8 Å². The summed E-state index contributed by atoms with van der Waals surface area (Å²) in [5, 5.41) is 0. The molecule has 1 fully saturated rings. The average molecular weight is 440 g/mol. The number of hydrogen-bond donors (Lipinski definition) is 1. The molecule has 1 saturated heterocycles. The van der Waals surface area contributed by atoms with Crippen LogP contribution in [0.4, 0.5) is 5.69 Å². The zero-order valence-electron chi connectivity index (χ0n) is 16.8. The van der Waals surface area contributed by atoms with Crippen molar-refractivity contribution in [1.29, 1.82) is 0 Å². The lowest BCUT2D eigenvalue weighted by Gasteiger charge is -2.31. The van der Waals surface area contributed by atoms with Gasteiger partial charge in [-0.15, -0.1) is 0 Å². The van der Waals surface area contributed by atoms with E-state index in [-0.39, 0.29) is 42.2 Å². The predicted octanol–water partition coefficient (Wildman–Crippen LogP) is 0.538. The quantitative estimate of drug-likeness (QED) is 0.606. The van der Waals surface area contributed by atoms with Crippen LogP contribution < -0.4 is 9.62 Å². The monoisotopic (exact) mass is 440 g/mol. The van der Waals surface area contributed by atoms with Gasteiger partial charge in [-0.1, -0.05) is 0 Å². The van der Waals surface area contributed by atoms with Crippen LogP contribution in [0.5, 0.6) is 0 Å². The second-order valence-electron chi connectivity index (χ2n) is 6.70. The standard InChI is InChI=1S/C19H24N2O8S/c1-26-18(22)16-11-28-12-21(17(16)19(23)27-2)13-5-7-15(8-6-13)30(24,25)20-10-14-4-3-9-29-14/h5-8,14,20H,3-4,9-12H2,1-2H3. The largest absolute Gasteiger partial charge is 0.466 e. The van der Waals surface area contributed by atoms with Gasteiger partial charge in [-0.25, -0.2) is 22.7 Å². The van der Waals surface area contributed by atoms with Crippen LogP contribution in [0.25, 0.3) is 0 Å². The molecule has 0 aromatic heterocycles. The third-order valence-corrected chi connectivity index (χ3v) is 6.26. The predicted molar refractivity (Wildman–Crippen MR) is 105 cm³/mol. The molecule has 10 nitrogen and oxygen atoms in total. The smallest absolute Gasteiger partial charge is 0.355 e. The minimum absolute atomic E-state index is 0.0114. The van der Waals surface area contributed by atoms with Gasteiger partial charge >= 0.3 is 11.9 Å². The molecule has 11 heteroatoms. The number of benzene rings is 1. The Kier molecular flexibility index (Phi) is 7.08. The minimum Gasteiger partial charge on any atom is -0.466 e. The summed E-state index contributed by atoms with van der Waals surface area (Å²) in [7, 11) is -1.31. The Bertz CT molecular complexity index is 920. The van der Waals surface area contributed by atoms with Gasteiger partial charge in [-0.2, -0.15) is 0 Å². The SMILES string of the molecule is COC(=O)C1=C(C(=O)OC)N(c2ccc(S(=O)(=O)NCC3CCCO3)cc2)COC1. The lowest BCUT2D eigenvalue weighted by Crippen LogP contribution is -2.38. The number of rotatable bonds is 7. The number of methoxy groups -OCH3 is 2. The Hall–Kier alpha value is -2.47. The van der Waals surface area contributed by atoms with Crippen LogP contribution in [0.2, 0.25) is 0 Å². The molecule has 2 aliphatic rings. The van der Waals surface area contributed by atoms with E-state index in [9.17, 15) is 18.0 Å². The highest BCUT2D eigenvalue weighted by molar-refractivity contribution is 7.89.